The van der Waals surface area contributed by atoms with Gasteiger partial charge in [-0.05, 0) is 49.1 Å². The highest BCUT2D eigenvalue weighted by atomic mass is 16.3. The van der Waals surface area contributed by atoms with Crippen molar-refractivity contribution in [2.45, 2.75) is 31.6 Å². The van der Waals surface area contributed by atoms with E-state index in [1.54, 1.807) is 6.07 Å². The van der Waals surface area contributed by atoms with E-state index < -0.39 is 0 Å². The lowest BCUT2D eigenvalue weighted by Crippen LogP contribution is -2.04. The van der Waals surface area contributed by atoms with Crippen LogP contribution in [0.25, 0.3) is 11.3 Å². The quantitative estimate of drug-likeness (QED) is 0.843. The summed E-state index contributed by atoms with van der Waals surface area (Å²) in [5.74, 6) is 0.746. The molecule has 1 aromatic carbocycles. The lowest BCUT2D eigenvalue weighted by atomic mass is 9.84. The molecule has 0 bridgehead atoms. The van der Waals surface area contributed by atoms with Crippen molar-refractivity contribution in [1.82, 2.24) is 10.2 Å². The molecule has 0 saturated heterocycles. The Labute approximate surface area is 107 Å². The van der Waals surface area contributed by atoms with Crippen LogP contribution in [0.1, 0.15) is 37.2 Å². The van der Waals surface area contributed by atoms with Gasteiger partial charge >= 0.3 is 0 Å². The first kappa shape index (κ1) is 11.3. The highest BCUT2D eigenvalue weighted by Gasteiger charge is 2.15. The van der Waals surface area contributed by atoms with E-state index in [9.17, 15) is 5.11 Å². The first-order valence-corrected chi connectivity index (χ1v) is 6.49. The van der Waals surface area contributed by atoms with Crippen molar-refractivity contribution < 1.29 is 5.11 Å². The fourth-order valence-corrected chi connectivity index (χ4v) is 2.65. The van der Waals surface area contributed by atoms with E-state index in [4.69, 9.17) is 0 Å². The molecule has 3 rings (SSSR count). The molecule has 0 atom stereocenters. The van der Waals surface area contributed by atoms with Crippen LogP contribution in [-0.2, 0) is 0 Å². The molecule has 1 radical (unpaired) electrons. The molecule has 18 heavy (non-hydrogen) atoms. The third-order valence-corrected chi connectivity index (χ3v) is 3.70. The second-order valence-electron chi connectivity index (χ2n) is 4.90. The fraction of sp³-hybridized carbons (Fsp3) is 0.333. The lowest BCUT2D eigenvalue weighted by molar-refractivity contribution is 0.452. The summed E-state index contributed by atoms with van der Waals surface area (Å²) in [5.41, 5.74) is 3.35. The molecule has 1 fully saturated rings. The number of nitrogens with zero attached hydrogens (tertiary/aromatic N) is 1. The van der Waals surface area contributed by atoms with Crippen LogP contribution in [0.4, 0.5) is 0 Å². The van der Waals surface area contributed by atoms with Gasteiger partial charge in [0.2, 0.25) is 5.88 Å². The van der Waals surface area contributed by atoms with Crippen molar-refractivity contribution in [3.8, 4) is 17.1 Å². The molecule has 1 aliphatic carbocycles. The third-order valence-electron chi connectivity index (χ3n) is 3.70. The average molecular weight is 241 g/mol. The first-order valence-electron chi connectivity index (χ1n) is 6.49. The van der Waals surface area contributed by atoms with Gasteiger partial charge in [0.25, 0.3) is 0 Å². The Morgan fingerprint density at radius 3 is 2.44 bits per heavy atom. The Morgan fingerprint density at radius 1 is 1.11 bits per heavy atom. The minimum Gasteiger partial charge on any atom is -0.492 e. The van der Waals surface area contributed by atoms with Crippen LogP contribution in [0, 0.1) is 6.42 Å². The zero-order valence-electron chi connectivity index (χ0n) is 10.3. The average Bonchev–Trinajstić information content (AvgIpc) is 2.87. The molecule has 93 valence electrons. The Morgan fingerprint density at radius 2 is 1.83 bits per heavy atom. The van der Waals surface area contributed by atoms with E-state index in [-0.39, 0.29) is 5.88 Å². The maximum Gasteiger partial charge on any atom is 0.230 e. The van der Waals surface area contributed by atoms with Crippen molar-refractivity contribution in [1.29, 1.82) is 0 Å². The van der Waals surface area contributed by atoms with E-state index in [0.29, 0.717) is 5.92 Å². The highest BCUT2D eigenvalue weighted by Crippen LogP contribution is 2.33. The number of benzene rings is 1. The van der Waals surface area contributed by atoms with Crippen LogP contribution in [-0.4, -0.2) is 15.3 Å². The van der Waals surface area contributed by atoms with Crippen LogP contribution in [0.3, 0.4) is 0 Å². The normalized spacial score (nSPS) is 16.9. The van der Waals surface area contributed by atoms with E-state index in [1.165, 1.54) is 31.2 Å². The molecule has 0 amide bonds. The number of H-pyrrole nitrogens is 1. The van der Waals surface area contributed by atoms with E-state index >= 15 is 0 Å². The Bertz CT molecular complexity index is 510. The summed E-state index contributed by atoms with van der Waals surface area (Å²) < 4.78 is 0. The van der Waals surface area contributed by atoms with Crippen LogP contribution in [0.2, 0.25) is 0 Å². The largest absolute Gasteiger partial charge is 0.492 e. The van der Waals surface area contributed by atoms with Gasteiger partial charge in [-0.1, -0.05) is 24.3 Å². The number of hydrogen-bond acceptors (Lipinski definition) is 2. The number of nitrogens with one attached hydrogen (secondary N) is 1. The minimum absolute atomic E-state index is 0.0388. The molecule has 0 aliphatic heterocycles. The summed E-state index contributed by atoms with van der Waals surface area (Å²) >= 11 is 0. The van der Waals surface area contributed by atoms with Gasteiger partial charge < -0.3 is 5.11 Å². The van der Waals surface area contributed by atoms with Gasteiger partial charge in [0.1, 0.15) is 0 Å². The molecule has 1 heterocycles. The molecule has 3 heteroatoms. The van der Waals surface area contributed by atoms with E-state index in [1.807, 2.05) is 0 Å². The van der Waals surface area contributed by atoms with Crippen molar-refractivity contribution in [3.05, 3.63) is 42.3 Å². The second-order valence-corrected chi connectivity index (χ2v) is 4.90. The maximum absolute atomic E-state index is 9.23. The number of aromatic amines is 1. The summed E-state index contributed by atoms with van der Waals surface area (Å²) in [5, 5.41) is 15.8. The Hall–Kier alpha value is -1.77. The molecule has 1 aliphatic rings. The summed E-state index contributed by atoms with van der Waals surface area (Å²) in [7, 11) is 0. The predicted molar refractivity (Wildman–Crippen MR) is 71.2 cm³/mol. The number of rotatable bonds is 2. The molecular formula is C15H17N2O. The first-order chi connectivity index (χ1) is 8.83. The van der Waals surface area contributed by atoms with Gasteiger partial charge in [0.05, 0.1) is 5.69 Å². The van der Waals surface area contributed by atoms with Gasteiger partial charge in [0, 0.05) is 6.07 Å². The Balaban J connectivity index is 1.80. The van der Waals surface area contributed by atoms with Crippen molar-refractivity contribution in [2.24, 2.45) is 0 Å². The molecule has 1 saturated carbocycles. The fourth-order valence-electron chi connectivity index (χ4n) is 2.65. The van der Waals surface area contributed by atoms with Gasteiger partial charge in [-0.15, -0.1) is 5.10 Å². The molecule has 0 spiro atoms. The molecule has 2 aromatic rings. The molecular weight excluding hydrogens is 224 g/mol. The summed E-state index contributed by atoms with van der Waals surface area (Å²) in [4.78, 5) is 0. The van der Waals surface area contributed by atoms with Crippen LogP contribution in [0.15, 0.2) is 30.3 Å². The topological polar surface area (TPSA) is 48.9 Å². The molecule has 1 aromatic heterocycles. The summed E-state index contributed by atoms with van der Waals surface area (Å²) in [6.07, 6.45) is 7.40. The third kappa shape index (κ3) is 2.26. The Kier molecular flexibility index (Phi) is 3.05. The lowest BCUT2D eigenvalue weighted by Gasteiger charge is -2.21. The smallest absolute Gasteiger partial charge is 0.230 e. The zero-order valence-corrected chi connectivity index (χ0v) is 10.3. The van der Waals surface area contributed by atoms with Gasteiger partial charge in [-0.3, -0.25) is 5.10 Å². The van der Waals surface area contributed by atoms with Crippen molar-refractivity contribution in [2.75, 3.05) is 0 Å². The van der Waals surface area contributed by atoms with Crippen LogP contribution in [0.5, 0.6) is 5.88 Å². The summed E-state index contributed by atoms with van der Waals surface area (Å²) in [6.45, 7) is 0. The standard InChI is InChI=1S/C15H17N2O/c18-15-10-14(16-17-15)13-8-6-12(7-9-13)11-4-2-1-3-5-11/h1,6-11H,2-5H2,(H2,16,17,18). The number of hydrogen-bond donors (Lipinski definition) is 2. The zero-order chi connectivity index (χ0) is 12.4. The molecule has 3 nitrogen and oxygen atoms in total. The SMILES string of the molecule is Oc1cc(-c2ccc(C3CC[CH]CC3)cc2)[nH]n1. The van der Waals surface area contributed by atoms with Gasteiger partial charge in [-0.2, -0.15) is 0 Å². The monoisotopic (exact) mass is 241 g/mol. The van der Waals surface area contributed by atoms with Gasteiger partial charge in [0.15, 0.2) is 0 Å². The number of aromatic nitrogens is 2. The predicted octanol–water partition coefficient (Wildman–Crippen LogP) is 3.64. The van der Waals surface area contributed by atoms with Crippen molar-refractivity contribution in [3.63, 3.8) is 0 Å². The number of aromatic hydroxyl groups is 1. The van der Waals surface area contributed by atoms with Crippen LogP contribution >= 0.6 is 0 Å². The second kappa shape index (κ2) is 4.84. The maximum atomic E-state index is 9.23. The molecule has 2 N–H and O–H groups in total. The summed E-state index contributed by atoms with van der Waals surface area (Å²) in [6, 6.07) is 10.2. The molecule has 0 unspecified atom stereocenters. The van der Waals surface area contributed by atoms with Crippen LogP contribution < -0.4 is 0 Å². The van der Waals surface area contributed by atoms with Crippen molar-refractivity contribution >= 4 is 0 Å². The highest BCUT2D eigenvalue weighted by molar-refractivity contribution is 5.60. The van der Waals surface area contributed by atoms with Gasteiger partial charge in [-0.25, -0.2) is 0 Å². The minimum atomic E-state index is 0.0388. The van der Waals surface area contributed by atoms with E-state index in [0.717, 1.165) is 11.3 Å². The van der Waals surface area contributed by atoms with E-state index in [2.05, 4.69) is 40.9 Å².